The molecule has 3 N–H and O–H groups in total. The van der Waals surface area contributed by atoms with Crippen LogP contribution < -0.4 is 0 Å². The zero-order valence-corrected chi connectivity index (χ0v) is 32.8. The highest BCUT2D eigenvalue weighted by Crippen LogP contribution is 2.71. The van der Waals surface area contributed by atoms with Crippen LogP contribution in [0, 0.1) is 40.4 Å². The van der Waals surface area contributed by atoms with Crippen LogP contribution in [0.5, 0.6) is 0 Å². The standard InChI is InChI=1S/C43H57NO7S2/c1-49-38-31(23-46)41(48)51-40(38)39-30(22-45)37-34-20-27(18-26-8-3-2-4-9-26)19-33-35(47)21-32-28(12-17-43(32)16-7-15-42(43)13-5-6-14-42)24-52-53-25-29(44(33)34)10-11-36(37)50-39/h2-4,8-9,11,27-30,32-35,37,45-47H,5-7,10,12-25H2,1H3. The van der Waals surface area contributed by atoms with Crippen molar-refractivity contribution >= 4 is 27.6 Å². The first-order chi connectivity index (χ1) is 25.9. The van der Waals surface area contributed by atoms with Crippen molar-refractivity contribution in [1.82, 2.24) is 4.90 Å². The molecule has 6 fully saturated rings. The van der Waals surface area contributed by atoms with Crippen LogP contribution in [0.1, 0.15) is 89.0 Å². The number of ether oxygens (including phenoxy) is 3. The van der Waals surface area contributed by atoms with E-state index in [1.54, 1.807) is 0 Å². The molecule has 0 aromatic heterocycles. The van der Waals surface area contributed by atoms with Gasteiger partial charge in [0.05, 0.1) is 32.3 Å². The summed E-state index contributed by atoms with van der Waals surface area (Å²) in [5, 5.41) is 34.1. The van der Waals surface area contributed by atoms with E-state index in [2.05, 4.69) is 52.1 Å². The largest absolute Gasteiger partial charge is 0.492 e. The second kappa shape index (κ2) is 14.8. The van der Waals surface area contributed by atoms with Crippen LogP contribution in [-0.4, -0.2) is 82.2 Å². The molecule has 10 unspecified atom stereocenters. The third-order valence-corrected chi connectivity index (χ3v) is 18.0. The number of esters is 1. The van der Waals surface area contributed by atoms with Crippen LogP contribution in [0.4, 0.5) is 0 Å². The molecule has 0 radical (unpaired) electrons. The first-order valence-electron chi connectivity index (χ1n) is 20.5. The Bertz CT molecular complexity index is 1630. The fourth-order valence-corrected chi connectivity index (χ4v) is 16.2. The number of hydrogen-bond acceptors (Lipinski definition) is 10. The molecule has 10 atom stereocenters. The summed E-state index contributed by atoms with van der Waals surface area (Å²) >= 11 is 0. The minimum absolute atomic E-state index is 0.000999. The number of aliphatic hydroxyl groups is 3. The third-order valence-electron chi connectivity index (χ3n) is 15.4. The number of cyclic esters (lactones) is 1. The van der Waals surface area contributed by atoms with Crippen molar-refractivity contribution in [2.24, 2.45) is 40.4 Å². The van der Waals surface area contributed by atoms with Crippen LogP contribution in [0.2, 0.25) is 0 Å². The Balaban J connectivity index is 1.11. The average Bonchev–Trinajstić information content (AvgIpc) is 3.99. The van der Waals surface area contributed by atoms with Gasteiger partial charge in [-0.3, -0.25) is 4.90 Å². The molecule has 10 heteroatoms. The number of benzene rings is 1. The molecule has 288 valence electrons. The lowest BCUT2D eigenvalue weighted by Crippen LogP contribution is -2.61. The Kier molecular flexibility index (Phi) is 10.3. The minimum Gasteiger partial charge on any atom is -0.492 e. The Morgan fingerprint density at radius 2 is 1.72 bits per heavy atom. The predicted molar refractivity (Wildman–Crippen MR) is 207 cm³/mol. The number of nitrogens with zero attached hydrogens (tertiary/aromatic N) is 1. The Labute approximate surface area is 322 Å². The summed E-state index contributed by atoms with van der Waals surface area (Å²) < 4.78 is 18.0. The van der Waals surface area contributed by atoms with Crippen LogP contribution in [0.25, 0.3) is 0 Å². The van der Waals surface area contributed by atoms with Crippen molar-refractivity contribution in [2.75, 3.05) is 31.8 Å². The number of piperidine rings is 1. The van der Waals surface area contributed by atoms with E-state index in [0.29, 0.717) is 34.3 Å². The van der Waals surface area contributed by atoms with E-state index < -0.39 is 24.6 Å². The highest BCUT2D eigenvalue weighted by atomic mass is 33.1. The van der Waals surface area contributed by atoms with Gasteiger partial charge in [-0.2, -0.15) is 0 Å². The van der Waals surface area contributed by atoms with Gasteiger partial charge in [0.1, 0.15) is 11.3 Å². The second-order valence-corrected chi connectivity index (χ2v) is 20.1. The van der Waals surface area contributed by atoms with Gasteiger partial charge in [0.15, 0.2) is 11.5 Å². The van der Waals surface area contributed by atoms with Gasteiger partial charge in [0.2, 0.25) is 5.76 Å². The predicted octanol–water partition coefficient (Wildman–Crippen LogP) is 7.15. The topological polar surface area (TPSA) is 109 Å². The zero-order chi connectivity index (χ0) is 36.3. The van der Waals surface area contributed by atoms with E-state index in [9.17, 15) is 20.1 Å². The molecule has 1 aromatic carbocycles. The summed E-state index contributed by atoms with van der Waals surface area (Å²) in [7, 11) is 5.56. The number of aliphatic hydroxyl groups excluding tert-OH is 3. The Morgan fingerprint density at radius 1 is 0.943 bits per heavy atom. The highest BCUT2D eigenvalue weighted by Gasteiger charge is 2.63. The first kappa shape index (κ1) is 36.7. The monoisotopic (exact) mass is 763 g/mol. The van der Waals surface area contributed by atoms with Crippen molar-refractivity contribution in [2.45, 2.75) is 114 Å². The summed E-state index contributed by atoms with van der Waals surface area (Å²) in [5.74, 6) is 3.99. The average molecular weight is 764 g/mol. The molecule has 2 spiro atoms. The lowest BCUT2D eigenvalue weighted by atomic mass is 9.57. The molecule has 9 rings (SSSR count). The van der Waals surface area contributed by atoms with Crippen molar-refractivity contribution < 1.29 is 34.3 Å². The molecule has 8 nitrogen and oxygen atoms in total. The van der Waals surface area contributed by atoms with Gasteiger partial charge >= 0.3 is 5.97 Å². The number of hydrogen-bond donors (Lipinski definition) is 3. The lowest BCUT2D eigenvalue weighted by Gasteiger charge is -2.53. The molecule has 5 aliphatic heterocycles. The molecule has 0 bridgehead atoms. The quantitative estimate of drug-likeness (QED) is 0.211. The summed E-state index contributed by atoms with van der Waals surface area (Å²) in [6.45, 7) is -0.693. The van der Waals surface area contributed by atoms with E-state index in [1.165, 1.54) is 76.2 Å². The smallest absolute Gasteiger partial charge is 0.345 e. The second-order valence-electron chi connectivity index (χ2n) is 17.5. The van der Waals surface area contributed by atoms with E-state index in [0.717, 1.165) is 43.6 Å². The maximum atomic E-state index is 12.9. The van der Waals surface area contributed by atoms with Crippen molar-refractivity contribution in [3.8, 4) is 0 Å². The SMILES string of the molecule is COC1=C(CO)C(=O)OC1=C1OC2=CCC3CSSCC4CCC5(CCCC56CCCC6)C4CC(O)C4CC(Cc5ccccc5)CC(C2C1CO)N34. The lowest BCUT2D eigenvalue weighted by molar-refractivity contribution is -0.134. The van der Waals surface area contributed by atoms with Crippen molar-refractivity contribution in [1.29, 1.82) is 0 Å². The number of carbonyl (C=O) groups excluding carboxylic acids is 1. The maximum Gasteiger partial charge on any atom is 0.345 e. The highest BCUT2D eigenvalue weighted by molar-refractivity contribution is 8.76. The molecule has 3 aliphatic carbocycles. The van der Waals surface area contributed by atoms with Gasteiger partial charge < -0.3 is 29.5 Å². The van der Waals surface area contributed by atoms with Crippen molar-refractivity contribution in [3.05, 3.63) is 70.6 Å². The summed E-state index contributed by atoms with van der Waals surface area (Å²) in [6, 6.07) is 11.0. The van der Waals surface area contributed by atoms with Crippen LogP contribution in [-0.2, 0) is 25.4 Å². The van der Waals surface area contributed by atoms with E-state index >= 15 is 0 Å². The van der Waals surface area contributed by atoms with Gasteiger partial charge in [-0.1, -0.05) is 71.2 Å². The molecule has 3 saturated heterocycles. The van der Waals surface area contributed by atoms with Gasteiger partial charge in [0.25, 0.3) is 0 Å². The molecule has 1 aromatic rings. The Hall–Kier alpha value is -1.95. The summed E-state index contributed by atoms with van der Waals surface area (Å²) in [6.07, 6.45) is 18.5. The maximum absolute atomic E-state index is 12.9. The molecule has 8 aliphatic rings. The zero-order valence-electron chi connectivity index (χ0n) is 31.1. The first-order valence-corrected chi connectivity index (χ1v) is 23.0. The number of carbonyl (C=O) groups is 1. The summed E-state index contributed by atoms with van der Waals surface area (Å²) in [5.41, 5.74) is 2.24. The van der Waals surface area contributed by atoms with Gasteiger partial charge in [-0.05, 0) is 111 Å². The molecule has 0 amide bonds. The van der Waals surface area contributed by atoms with Crippen LogP contribution >= 0.6 is 21.6 Å². The molecular formula is C43H57NO7S2. The fourth-order valence-electron chi connectivity index (χ4n) is 13.4. The molecular weight excluding hydrogens is 707 g/mol. The minimum atomic E-state index is -0.650. The third kappa shape index (κ3) is 6.06. The van der Waals surface area contributed by atoms with E-state index in [1.807, 2.05) is 10.8 Å². The Morgan fingerprint density at radius 3 is 2.49 bits per heavy atom. The van der Waals surface area contributed by atoms with Crippen molar-refractivity contribution in [3.63, 3.8) is 0 Å². The number of fused-ring (bicyclic) bond motifs is 5. The fraction of sp³-hybridized carbons (Fsp3) is 0.698. The molecule has 5 heterocycles. The van der Waals surface area contributed by atoms with Gasteiger partial charge in [-0.25, -0.2) is 4.79 Å². The molecule has 3 saturated carbocycles. The van der Waals surface area contributed by atoms with Gasteiger partial charge in [0, 0.05) is 35.5 Å². The van der Waals surface area contributed by atoms with E-state index in [-0.39, 0.29) is 47.7 Å². The van der Waals surface area contributed by atoms with E-state index in [4.69, 9.17) is 14.2 Å². The van der Waals surface area contributed by atoms with Gasteiger partial charge in [-0.15, -0.1) is 0 Å². The van der Waals surface area contributed by atoms with Crippen LogP contribution in [0.3, 0.4) is 0 Å². The normalized spacial score (nSPS) is 41.0. The van der Waals surface area contributed by atoms with Crippen LogP contribution in [0.15, 0.2) is 65.0 Å². The number of rotatable bonds is 5. The summed E-state index contributed by atoms with van der Waals surface area (Å²) in [4.78, 5) is 15.5. The molecule has 53 heavy (non-hydrogen) atoms. The number of methoxy groups -OCH3 is 1.